The Morgan fingerprint density at radius 2 is 1.83 bits per heavy atom. The van der Waals surface area contributed by atoms with E-state index in [1.54, 1.807) is 17.8 Å². The van der Waals surface area contributed by atoms with E-state index in [-0.39, 0.29) is 16.5 Å². The summed E-state index contributed by atoms with van der Waals surface area (Å²) in [5, 5.41) is 0. The zero-order valence-electron chi connectivity index (χ0n) is 10.8. The number of benzene rings is 1. The fraction of sp³-hybridized carbons (Fsp3) is 0.385. The van der Waals surface area contributed by atoms with Gasteiger partial charge >= 0.3 is 0 Å². The molecule has 0 atom stereocenters. The summed E-state index contributed by atoms with van der Waals surface area (Å²) < 4.78 is 0. The second kappa shape index (κ2) is 5.44. The molecule has 0 heterocycles. The molecule has 1 rings (SSSR count). The Morgan fingerprint density at radius 3 is 2.28 bits per heavy atom. The van der Waals surface area contributed by atoms with Gasteiger partial charge in [0.25, 0.3) is 0 Å². The molecule has 2 amide bonds. The van der Waals surface area contributed by atoms with Crippen LogP contribution < -0.4 is 11.5 Å². The highest BCUT2D eigenvalue weighted by Crippen LogP contribution is 2.30. The average molecular weight is 266 g/mol. The van der Waals surface area contributed by atoms with Crippen molar-refractivity contribution >= 4 is 23.6 Å². The van der Waals surface area contributed by atoms with Gasteiger partial charge in [-0.2, -0.15) is 11.8 Å². The second-order valence-corrected chi connectivity index (χ2v) is 5.64. The Morgan fingerprint density at radius 1 is 1.22 bits per heavy atom. The van der Waals surface area contributed by atoms with Crippen molar-refractivity contribution in [2.24, 2.45) is 11.5 Å². The number of carbonyl (C=O) groups is 2. The lowest BCUT2D eigenvalue weighted by molar-refractivity contribution is 0.0965. The van der Waals surface area contributed by atoms with Crippen LogP contribution in [-0.4, -0.2) is 23.8 Å². The summed E-state index contributed by atoms with van der Waals surface area (Å²) >= 11 is 1.67. The van der Waals surface area contributed by atoms with Crippen LogP contribution in [0.2, 0.25) is 0 Å². The maximum atomic E-state index is 11.6. The van der Waals surface area contributed by atoms with E-state index in [4.69, 9.17) is 11.5 Å². The molecule has 98 valence electrons. The molecule has 0 aromatic heterocycles. The fourth-order valence-electron chi connectivity index (χ4n) is 2.03. The molecule has 4 nitrogen and oxygen atoms in total. The maximum Gasteiger partial charge on any atom is 0.249 e. The number of hydrogen-bond donors (Lipinski definition) is 2. The van der Waals surface area contributed by atoms with Crippen LogP contribution in [0.5, 0.6) is 0 Å². The molecule has 4 N–H and O–H groups in total. The first-order valence-electron chi connectivity index (χ1n) is 5.53. The van der Waals surface area contributed by atoms with Crippen LogP contribution in [0, 0.1) is 0 Å². The zero-order chi connectivity index (χ0) is 13.9. The van der Waals surface area contributed by atoms with E-state index in [1.165, 1.54) is 6.07 Å². The molecule has 0 aliphatic rings. The molecule has 0 spiro atoms. The van der Waals surface area contributed by atoms with Crippen molar-refractivity contribution in [3.63, 3.8) is 0 Å². The lowest BCUT2D eigenvalue weighted by Gasteiger charge is -2.27. The first-order chi connectivity index (χ1) is 8.31. The average Bonchev–Trinajstić information content (AvgIpc) is 2.27. The minimum atomic E-state index is -0.634. The second-order valence-electron chi connectivity index (χ2n) is 4.77. The molecule has 5 heteroatoms. The summed E-state index contributed by atoms with van der Waals surface area (Å²) in [4.78, 5) is 23.0. The molecular weight excluding hydrogens is 248 g/mol. The van der Waals surface area contributed by atoms with Crippen LogP contribution in [0.15, 0.2) is 18.2 Å². The summed E-state index contributed by atoms with van der Waals surface area (Å²) in [6, 6.07) is 5.08. The van der Waals surface area contributed by atoms with Crippen LogP contribution in [0.25, 0.3) is 0 Å². The van der Waals surface area contributed by atoms with Gasteiger partial charge in [-0.25, -0.2) is 0 Å². The van der Waals surface area contributed by atoms with Gasteiger partial charge in [-0.15, -0.1) is 0 Å². The number of nitrogens with two attached hydrogens (primary N) is 2. The van der Waals surface area contributed by atoms with E-state index in [0.717, 1.165) is 11.3 Å². The molecule has 1 aromatic carbocycles. The van der Waals surface area contributed by atoms with E-state index in [9.17, 15) is 9.59 Å². The topological polar surface area (TPSA) is 86.2 Å². The van der Waals surface area contributed by atoms with Gasteiger partial charge in [-0.3, -0.25) is 9.59 Å². The van der Waals surface area contributed by atoms with Gasteiger partial charge in [-0.1, -0.05) is 26.0 Å². The molecule has 0 unspecified atom stereocenters. The van der Waals surface area contributed by atoms with E-state index in [0.29, 0.717) is 0 Å². The number of carbonyl (C=O) groups excluding carboxylic acids is 2. The van der Waals surface area contributed by atoms with Crippen LogP contribution in [0.1, 0.15) is 40.1 Å². The lowest BCUT2D eigenvalue weighted by atomic mass is 9.81. The summed E-state index contributed by atoms with van der Waals surface area (Å²) in [6.45, 7) is 4.02. The largest absolute Gasteiger partial charge is 0.366 e. The van der Waals surface area contributed by atoms with Crippen LogP contribution in [-0.2, 0) is 5.41 Å². The van der Waals surface area contributed by atoms with Gasteiger partial charge in [0.05, 0.1) is 11.1 Å². The molecule has 0 saturated heterocycles. The van der Waals surface area contributed by atoms with Crippen molar-refractivity contribution in [3.05, 3.63) is 34.9 Å². The Labute approximate surface area is 111 Å². The number of primary amides is 2. The van der Waals surface area contributed by atoms with Crippen LogP contribution >= 0.6 is 11.8 Å². The predicted octanol–water partition coefficient (Wildman–Crippen LogP) is 1.52. The highest BCUT2D eigenvalue weighted by Gasteiger charge is 2.27. The third-order valence-corrected chi connectivity index (χ3v) is 3.82. The van der Waals surface area contributed by atoms with Crippen LogP contribution in [0.3, 0.4) is 0 Å². The molecule has 0 bridgehead atoms. The minimum absolute atomic E-state index is 0.189. The van der Waals surface area contributed by atoms with E-state index in [2.05, 4.69) is 0 Å². The van der Waals surface area contributed by atoms with Crippen molar-refractivity contribution in [2.75, 3.05) is 12.0 Å². The molecule has 1 aromatic rings. The SMILES string of the molecule is CSCC(C)(C)c1cccc(C(N)=O)c1C(N)=O. The first-order valence-corrected chi connectivity index (χ1v) is 6.92. The van der Waals surface area contributed by atoms with Crippen LogP contribution in [0.4, 0.5) is 0 Å². The van der Waals surface area contributed by atoms with Gasteiger partial charge < -0.3 is 11.5 Å². The number of rotatable bonds is 5. The van der Waals surface area contributed by atoms with Gasteiger partial charge in [0.2, 0.25) is 11.8 Å². The Bertz CT molecular complexity index is 484. The van der Waals surface area contributed by atoms with Gasteiger partial charge in [0, 0.05) is 5.75 Å². The molecule has 0 radical (unpaired) electrons. The van der Waals surface area contributed by atoms with E-state index >= 15 is 0 Å². The highest BCUT2D eigenvalue weighted by molar-refractivity contribution is 7.98. The van der Waals surface area contributed by atoms with Gasteiger partial charge in [0.15, 0.2) is 0 Å². The third-order valence-electron chi connectivity index (χ3n) is 2.81. The molecule has 0 saturated carbocycles. The standard InChI is InChI=1S/C13H18N2O2S/c1-13(2,7-18-3)9-6-4-5-8(11(14)16)10(9)12(15)17/h4-6H,7H2,1-3H3,(H2,14,16)(H2,15,17). The van der Waals surface area contributed by atoms with Gasteiger partial charge in [-0.05, 0) is 23.3 Å². The molecule has 18 heavy (non-hydrogen) atoms. The first kappa shape index (κ1) is 14.6. The van der Waals surface area contributed by atoms with Crippen molar-refractivity contribution < 1.29 is 9.59 Å². The molecule has 0 aliphatic carbocycles. The normalized spacial score (nSPS) is 11.3. The smallest absolute Gasteiger partial charge is 0.249 e. The minimum Gasteiger partial charge on any atom is -0.366 e. The van der Waals surface area contributed by atoms with Crippen molar-refractivity contribution in [2.45, 2.75) is 19.3 Å². The quantitative estimate of drug-likeness (QED) is 0.847. The van der Waals surface area contributed by atoms with Crippen molar-refractivity contribution in [1.82, 2.24) is 0 Å². The van der Waals surface area contributed by atoms with Crippen molar-refractivity contribution in [3.8, 4) is 0 Å². The Kier molecular flexibility index (Phi) is 4.40. The molecule has 0 aliphatic heterocycles. The maximum absolute atomic E-state index is 11.6. The molecular formula is C13H18N2O2S. The summed E-state index contributed by atoms with van der Waals surface area (Å²) in [5.41, 5.74) is 11.6. The Hall–Kier alpha value is -1.49. The van der Waals surface area contributed by atoms with E-state index in [1.807, 2.05) is 26.2 Å². The molecule has 0 fully saturated rings. The van der Waals surface area contributed by atoms with Gasteiger partial charge in [0.1, 0.15) is 0 Å². The predicted molar refractivity (Wildman–Crippen MR) is 74.9 cm³/mol. The van der Waals surface area contributed by atoms with Crippen molar-refractivity contribution in [1.29, 1.82) is 0 Å². The number of amides is 2. The van der Waals surface area contributed by atoms with E-state index < -0.39 is 11.8 Å². The zero-order valence-corrected chi connectivity index (χ0v) is 11.6. The number of thioether (sulfide) groups is 1. The summed E-state index contributed by atoms with van der Waals surface area (Å²) in [5.74, 6) is -0.436. The fourth-order valence-corrected chi connectivity index (χ4v) is 2.90. The summed E-state index contributed by atoms with van der Waals surface area (Å²) in [7, 11) is 0. The third kappa shape index (κ3) is 2.85. The monoisotopic (exact) mass is 266 g/mol. The Balaban J connectivity index is 3.49. The highest BCUT2D eigenvalue weighted by atomic mass is 32.2. The summed E-state index contributed by atoms with van der Waals surface area (Å²) in [6.07, 6.45) is 1.99. The number of hydrogen-bond acceptors (Lipinski definition) is 3. The lowest BCUT2D eigenvalue weighted by Crippen LogP contribution is -2.29.